The Morgan fingerprint density at radius 2 is 1.84 bits per heavy atom. The molecular weight excluding hydrogens is 400 g/mol. The Hall–Kier alpha value is -3.38. The van der Waals surface area contributed by atoms with Gasteiger partial charge in [0.25, 0.3) is 0 Å². The molecule has 0 amide bonds. The average molecular weight is 427 g/mol. The first-order valence-corrected chi connectivity index (χ1v) is 10.9. The van der Waals surface area contributed by atoms with Gasteiger partial charge in [0, 0.05) is 40.9 Å². The van der Waals surface area contributed by atoms with Crippen molar-refractivity contribution in [3.05, 3.63) is 78.1 Å². The quantitative estimate of drug-likeness (QED) is 0.477. The Labute approximate surface area is 187 Å². The van der Waals surface area contributed by atoms with E-state index in [1.807, 2.05) is 31.2 Å². The summed E-state index contributed by atoms with van der Waals surface area (Å²) >= 11 is 0. The van der Waals surface area contributed by atoms with Crippen molar-refractivity contribution in [1.29, 1.82) is 0 Å². The molecule has 0 aliphatic heterocycles. The second-order valence-corrected chi connectivity index (χ2v) is 8.97. The highest BCUT2D eigenvalue weighted by atomic mass is 16.5. The zero-order valence-electron chi connectivity index (χ0n) is 18.5. The molecule has 1 aliphatic rings. The Morgan fingerprint density at radius 1 is 1.00 bits per heavy atom. The summed E-state index contributed by atoms with van der Waals surface area (Å²) in [4.78, 5) is 18.1. The summed E-state index contributed by atoms with van der Waals surface area (Å²) in [6.45, 7) is 5.87. The summed E-state index contributed by atoms with van der Waals surface area (Å²) in [5, 5.41) is 11.3. The largest absolute Gasteiger partial charge is 0.477 e. The number of pyridine rings is 2. The van der Waals surface area contributed by atoms with E-state index in [1.165, 1.54) is 0 Å². The van der Waals surface area contributed by atoms with E-state index in [9.17, 15) is 5.11 Å². The number of rotatable bonds is 6. The van der Waals surface area contributed by atoms with Crippen LogP contribution in [0, 0.1) is 12.8 Å². The van der Waals surface area contributed by atoms with E-state index >= 15 is 0 Å². The predicted octanol–water partition coefficient (Wildman–Crippen LogP) is 4.81. The van der Waals surface area contributed by atoms with Gasteiger partial charge in [-0.15, -0.1) is 0 Å². The van der Waals surface area contributed by atoms with E-state index in [2.05, 4.69) is 39.2 Å². The molecular formula is C26H26N4O2. The van der Waals surface area contributed by atoms with E-state index in [0.717, 1.165) is 34.1 Å². The lowest BCUT2D eigenvalue weighted by Gasteiger charge is -2.17. The Balaban J connectivity index is 1.31. The number of hydrogen-bond donors (Lipinski definition) is 1. The van der Waals surface area contributed by atoms with Crippen LogP contribution >= 0.6 is 0 Å². The van der Waals surface area contributed by atoms with E-state index in [4.69, 9.17) is 9.72 Å². The minimum absolute atomic E-state index is 0.415. The maximum absolute atomic E-state index is 10.2. The maximum atomic E-state index is 10.2. The molecule has 6 heteroatoms. The van der Waals surface area contributed by atoms with Gasteiger partial charge in [-0.25, -0.2) is 4.98 Å². The summed E-state index contributed by atoms with van der Waals surface area (Å²) < 4.78 is 6.18. The summed E-state index contributed by atoms with van der Waals surface area (Å²) in [6.07, 6.45) is 4.56. The van der Waals surface area contributed by atoms with Crippen molar-refractivity contribution in [2.45, 2.75) is 38.7 Å². The molecule has 2 unspecified atom stereocenters. The predicted molar refractivity (Wildman–Crippen MR) is 123 cm³/mol. The number of ether oxygens (including phenoxy) is 1. The van der Waals surface area contributed by atoms with Crippen molar-refractivity contribution in [3.63, 3.8) is 0 Å². The highest BCUT2D eigenvalue weighted by Gasteiger charge is 2.40. The fraction of sp³-hybridized carbons (Fsp3) is 0.308. The van der Waals surface area contributed by atoms with E-state index < -0.39 is 5.60 Å². The zero-order valence-corrected chi connectivity index (χ0v) is 18.5. The molecule has 0 radical (unpaired) electrons. The van der Waals surface area contributed by atoms with Gasteiger partial charge in [0.05, 0.1) is 23.4 Å². The van der Waals surface area contributed by atoms with Crippen LogP contribution in [0.4, 0.5) is 0 Å². The number of aryl methyl sites for hydroxylation is 1. The van der Waals surface area contributed by atoms with Gasteiger partial charge < -0.3 is 9.84 Å². The number of benzene rings is 1. The molecule has 3 heterocycles. The molecule has 0 saturated heterocycles. The molecule has 0 spiro atoms. The van der Waals surface area contributed by atoms with Crippen LogP contribution in [0.3, 0.4) is 0 Å². The third-order valence-electron chi connectivity index (χ3n) is 5.93. The summed E-state index contributed by atoms with van der Waals surface area (Å²) in [5.74, 6) is 2.06. The molecule has 4 aromatic rings. The molecule has 162 valence electrons. The van der Waals surface area contributed by atoms with E-state index in [1.54, 1.807) is 26.2 Å². The Morgan fingerprint density at radius 3 is 2.62 bits per heavy atom. The summed E-state index contributed by atoms with van der Waals surface area (Å²) in [6, 6.07) is 16.2. The lowest BCUT2D eigenvalue weighted by atomic mass is 10.0. The maximum Gasteiger partial charge on any atom is 0.224 e. The van der Waals surface area contributed by atoms with Crippen molar-refractivity contribution in [1.82, 2.24) is 19.9 Å². The standard InChI is InChI=1S/C26H26N4O2/c1-16-27-14-21(18-9-11-24(28-13-18)26(2,3)31)25(29-16)32-15-19-12-20(19)23-10-8-17-6-4-5-7-22(17)30-23/h4-11,13-14,19-20,31H,12,15H2,1-3H3. The number of fused-ring (bicyclic) bond motifs is 1. The fourth-order valence-corrected chi connectivity index (χ4v) is 3.94. The first-order chi connectivity index (χ1) is 15.4. The van der Waals surface area contributed by atoms with Crippen LogP contribution in [-0.2, 0) is 5.60 Å². The molecule has 0 bridgehead atoms. The Bertz CT molecular complexity index is 1270. The first-order valence-electron chi connectivity index (χ1n) is 10.9. The highest BCUT2D eigenvalue weighted by molar-refractivity contribution is 5.78. The van der Waals surface area contributed by atoms with Gasteiger partial charge >= 0.3 is 0 Å². The summed E-state index contributed by atoms with van der Waals surface area (Å²) in [5.41, 5.74) is 3.44. The number of para-hydroxylation sites is 1. The smallest absolute Gasteiger partial charge is 0.224 e. The normalized spacial score (nSPS) is 18.0. The van der Waals surface area contributed by atoms with Crippen LogP contribution in [0.25, 0.3) is 22.0 Å². The third kappa shape index (κ3) is 4.18. The topological polar surface area (TPSA) is 81.0 Å². The minimum atomic E-state index is -0.987. The fourth-order valence-electron chi connectivity index (χ4n) is 3.94. The SMILES string of the molecule is Cc1ncc(-c2ccc(C(C)(C)O)nc2)c(OCC2CC2c2ccc3ccccc3n2)n1. The van der Waals surface area contributed by atoms with Gasteiger partial charge in [0.1, 0.15) is 11.4 Å². The molecule has 1 fully saturated rings. The van der Waals surface area contributed by atoms with Crippen LogP contribution in [0.2, 0.25) is 0 Å². The molecule has 1 saturated carbocycles. The minimum Gasteiger partial charge on any atom is -0.477 e. The number of aliphatic hydroxyl groups is 1. The molecule has 32 heavy (non-hydrogen) atoms. The molecule has 3 aromatic heterocycles. The van der Waals surface area contributed by atoms with Crippen molar-refractivity contribution in [2.75, 3.05) is 6.61 Å². The molecule has 1 aliphatic carbocycles. The monoisotopic (exact) mass is 426 g/mol. The van der Waals surface area contributed by atoms with Crippen LogP contribution < -0.4 is 4.74 Å². The van der Waals surface area contributed by atoms with Crippen LogP contribution in [-0.4, -0.2) is 31.6 Å². The lowest BCUT2D eigenvalue weighted by molar-refractivity contribution is 0.0739. The van der Waals surface area contributed by atoms with Gasteiger partial charge in [-0.1, -0.05) is 30.3 Å². The van der Waals surface area contributed by atoms with Gasteiger partial charge in [0.15, 0.2) is 0 Å². The van der Waals surface area contributed by atoms with Crippen molar-refractivity contribution in [2.24, 2.45) is 5.92 Å². The van der Waals surface area contributed by atoms with Crippen LogP contribution in [0.1, 0.15) is 43.4 Å². The van der Waals surface area contributed by atoms with E-state index in [0.29, 0.717) is 35.8 Å². The zero-order chi connectivity index (χ0) is 22.3. The first kappa shape index (κ1) is 20.5. The van der Waals surface area contributed by atoms with Crippen molar-refractivity contribution < 1.29 is 9.84 Å². The molecule has 6 nitrogen and oxygen atoms in total. The van der Waals surface area contributed by atoms with Crippen LogP contribution in [0.15, 0.2) is 60.9 Å². The molecule has 1 N–H and O–H groups in total. The molecule has 1 aromatic carbocycles. The highest BCUT2D eigenvalue weighted by Crippen LogP contribution is 2.47. The summed E-state index contributed by atoms with van der Waals surface area (Å²) in [7, 11) is 0. The van der Waals surface area contributed by atoms with Crippen molar-refractivity contribution in [3.8, 4) is 17.0 Å². The average Bonchev–Trinajstić information content (AvgIpc) is 3.57. The van der Waals surface area contributed by atoms with Gasteiger partial charge in [0.2, 0.25) is 5.88 Å². The second kappa shape index (κ2) is 7.95. The second-order valence-electron chi connectivity index (χ2n) is 8.97. The third-order valence-corrected chi connectivity index (χ3v) is 5.93. The lowest BCUT2D eigenvalue weighted by Crippen LogP contribution is -2.17. The van der Waals surface area contributed by atoms with Crippen molar-refractivity contribution >= 4 is 10.9 Å². The van der Waals surface area contributed by atoms with Gasteiger partial charge in [-0.05, 0) is 45.4 Å². The Kier molecular flexibility index (Phi) is 5.10. The van der Waals surface area contributed by atoms with Gasteiger partial charge in [-0.3, -0.25) is 9.97 Å². The number of nitrogens with zero attached hydrogens (tertiary/aromatic N) is 4. The number of hydrogen-bond acceptors (Lipinski definition) is 6. The number of aromatic nitrogens is 4. The van der Waals surface area contributed by atoms with Crippen LogP contribution in [0.5, 0.6) is 5.88 Å². The van der Waals surface area contributed by atoms with E-state index in [-0.39, 0.29) is 0 Å². The molecule has 5 rings (SSSR count). The molecule has 2 atom stereocenters. The van der Waals surface area contributed by atoms with Gasteiger partial charge in [-0.2, -0.15) is 4.98 Å².